The summed E-state index contributed by atoms with van der Waals surface area (Å²) < 4.78 is 5.26. The molecule has 10 nitrogen and oxygen atoms in total. The smallest absolute Gasteiger partial charge is 0.270 e. The number of non-ortho nitro benzene ring substituents is 1. The van der Waals surface area contributed by atoms with Crippen LogP contribution in [0.1, 0.15) is 16.8 Å². The van der Waals surface area contributed by atoms with E-state index in [0.717, 1.165) is 6.07 Å². The summed E-state index contributed by atoms with van der Waals surface area (Å²) in [5.41, 5.74) is 4.85. The summed E-state index contributed by atoms with van der Waals surface area (Å²) in [6, 6.07) is 12.1. The Labute approximate surface area is 165 Å². The number of carbonyl (C=O) groups excluding carboxylic acids is 3. The van der Waals surface area contributed by atoms with Gasteiger partial charge in [0.25, 0.3) is 11.6 Å². The normalized spacial score (nSPS) is 15.7. The zero-order valence-corrected chi connectivity index (χ0v) is 15.5. The Morgan fingerprint density at radius 2 is 1.93 bits per heavy atom. The molecule has 1 heterocycles. The number of amides is 3. The molecule has 1 fully saturated rings. The summed E-state index contributed by atoms with van der Waals surface area (Å²) in [6.07, 6.45) is -0.0173. The number of carbonyl (C=O) groups is 3. The lowest BCUT2D eigenvalue weighted by Gasteiger charge is -2.19. The van der Waals surface area contributed by atoms with Crippen LogP contribution in [0.3, 0.4) is 0 Å². The van der Waals surface area contributed by atoms with Crippen molar-refractivity contribution < 1.29 is 24.0 Å². The molecule has 3 amide bonds. The average Bonchev–Trinajstić information content (AvgIpc) is 3.13. The van der Waals surface area contributed by atoms with E-state index in [1.54, 1.807) is 24.3 Å². The fourth-order valence-electron chi connectivity index (χ4n) is 3.02. The third kappa shape index (κ3) is 4.32. The molecule has 0 radical (unpaired) electrons. The fraction of sp³-hybridized carbons (Fsp3) is 0.211. The molecule has 0 bridgehead atoms. The van der Waals surface area contributed by atoms with Gasteiger partial charge < -0.3 is 9.64 Å². The maximum atomic E-state index is 12.4. The number of nitrogens with one attached hydrogen (secondary N) is 2. The zero-order chi connectivity index (χ0) is 21.0. The van der Waals surface area contributed by atoms with Crippen LogP contribution in [-0.2, 0) is 9.59 Å². The highest BCUT2D eigenvalue weighted by atomic mass is 16.6. The maximum absolute atomic E-state index is 12.4. The second-order valence-corrected chi connectivity index (χ2v) is 6.33. The lowest BCUT2D eigenvalue weighted by molar-refractivity contribution is -0.384. The van der Waals surface area contributed by atoms with Gasteiger partial charge in [-0.05, 0) is 18.2 Å². The Balaban J connectivity index is 1.62. The van der Waals surface area contributed by atoms with Crippen LogP contribution in [0.2, 0.25) is 0 Å². The molecule has 1 aliphatic heterocycles. The third-order valence-electron chi connectivity index (χ3n) is 4.49. The SMILES string of the molecule is COc1ccccc1N1CC(C(=O)NNC(=O)c2cccc([N+](=O)[O-])c2)CC1=O. The minimum atomic E-state index is -0.701. The van der Waals surface area contributed by atoms with Gasteiger partial charge in [-0.15, -0.1) is 0 Å². The number of para-hydroxylation sites is 2. The molecule has 1 unspecified atom stereocenters. The van der Waals surface area contributed by atoms with Crippen LogP contribution in [0.15, 0.2) is 48.5 Å². The summed E-state index contributed by atoms with van der Waals surface area (Å²) >= 11 is 0. The number of hydrazine groups is 1. The number of rotatable bonds is 5. The first kappa shape index (κ1) is 19.8. The van der Waals surface area contributed by atoms with Gasteiger partial charge in [-0.2, -0.15) is 0 Å². The van der Waals surface area contributed by atoms with Crippen LogP contribution in [-0.4, -0.2) is 36.3 Å². The van der Waals surface area contributed by atoms with E-state index in [0.29, 0.717) is 11.4 Å². The molecule has 150 valence electrons. The zero-order valence-electron chi connectivity index (χ0n) is 15.5. The van der Waals surface area contributed by atoms with Gasteiger partial charge >= 0.3 is 0 Å². The second-order valence-electron chi connectivity index (χ2n) is 6.33. The second kappa shape index (κ2) is 8.38. The highest BCUT2D eigenvalue weighted by molar-refractivity contribution is 6.02. The number of benzene rings is 2. The van der Waals surface area contributed by atoms with Crippen molar-refractivity contribution in [3.63, 3.8) is 0 Å². The number of anilines is 1. The molecule has 1 saturated heterocycles. The molecule has 10 heteroatoms. The van der Waals surface area contributed by atoms with Crippen molar-refractivity contribution in [1.29, 1.82) is 0 Å². The quantitative estimate of drug-likeness (QED) is 0.578. The van der Waals surface area contributed by atoms with Crippen molar-refractivity contribution in [1.82, 2.24) is 10.9 Å². The summed E-state index contributed by atoms with van der Waals surface area (Å²) in [5, 5.41) is 10.8. The molecule has 1 atom stereocenters. The van der Waals surface area contributed by atoms with Crippen LogP contribution in [0.25, 0.3) is 0 Å². The first-order valence-corrected chi connectivity index (χ1v) is 8.68. The predicted molar refractivity (Wildman–Crippen MR) is 102 cm³/mol. The van der Waals surface area contributed by atoms with Crippen molar-refractivity contribution in [2.75, 3.05) is 18.6 Å². The molecular weight excluding hydrogens is 380 g/mol. The lowest BCUT2D eigenvalue weighted by Crippen LogP contribution is -2.45. The molecule has 2 aromatic rings. The van der Waals surface area contributed by atoms with Gasteiger partial charge in [-0.3, -0.25) is 35.3 Å². The lowest BCUT2D eigenvalue weighted by atomic mass is 10.1. The Bertz CT molecular complexity index is 977. The van der Waals surface area contributed by atoms with E-state index in [-0.39, 0.29) is 30.1 Å². The van der Waals surface area contributed by atoms with Crippen LogP contribution in [0.4, 0.5) is 11.4 Å². The van der Waals surface area contributed by atoms with Gasteiger partial charge in [0.15, 0.2) is 0 Å². The van der Waals surface area contributed by atoms with E-state index in [2.05, 4.69) is 10.9 Å². The predicted octanol–water partition coefficient (Wildman–Crippen LogP) is 1.42. The van der Waals surface area contributed by atoms with E-state index < -0.39 is 22.7 Å². The molecule has 0 aromatic heterocycles. The number of hydrogen-bond donors (Lipinski definition) is 2. The largest absolute Gasteiger partial charge is 0.495 e. The van der Waals surface area contributed by atoms with Crippen molar-refractivity contribution in [2.24, 2.45) is 5.92 Å². The molecule has 2 aromatic carbocycles. The van der Waals surface area contributed by atoms with E-state index in [4.69, 9.17) is 4.74 Å². The summed E-state index contributed by atoms with van der Waals surface area (Å²) in [6.45, 7) is 0.137. The minimum Gasteiger partial charge on any atom is -0.495 e. The molecule has 0 spiro atoms. The molecule has 3 rings (SSSR count). The third-order valence-corrected chi connectivity index (χ3v) is 4.49. The first-order chi connectivity index (χ1) is 13.9. The maximum Gasteiger partial charge on any atom is 0.270 e. The number of nitro groups is 1. The highest BCUT2D eigenvalue weighted by Crippen LogP contribution is 2.32. The van der Waals surface area contributed by atoms with Gasteiger partial charge in [-0.25, -0.2) is 0 Å². The van der Waals surface area contributed by atoms with Gasteiger partial charge in [0, 0.05) is 30.7 Å². The number of ether oxygens (including phenoxy) is 1. The molecular formula is C19H18N4O6. The Morgan fingerprint density at radius 1 is 1.17 bits per heavy atom. The summed E-state index contributed by atoms with van der Waals surface area (Å²) in [4.78, 5) is 48.5. The highest BCUT2D eigenvalue weighted by Gasteiger charge is 2.36. The van der Waals surface area contributed by atoms with Crippen LogP contribution in [0.5, 0.6) is 5.75 Å². The van der Waals surface area contributed by atoms with Gasteiger partial charge in [0.05, 0.1) is 23.6 Å². The van der Waals surface area contributed by atoms with Gasteiger partial charge in [0.1, 0.15) is 5.75 Å². The van der Waals surface area contributed by atoms with Crippen LogP contribution >= 0.6 is 0 Å². The molecule has 1 aliphatic rings. The Morgan fingerprint density at radius 3 is 2.66 bits per heavy atom. The Hall–Kier alpha value is -3.95. The standard InChI is InChI=1S/C19H18N4O6/c1-29-16-8-3-2-7-15(16)22-11-13(10-17(22)24)19(26)21-20-18(25)12-5-4-6-14(9-12)23(27)28/h2-9,13H,10-11H2,1H3,(H,20,25)(H,21,26). The molecule has 29 heavy (non-hydrogen) atoms. The van der Waals surface area contributed by atoms with E-state index in [1.807, 2.05) is 0 Å². The van der Waals surface area contributed by atoms with E-state index >= 15 is 0 Å². The number of nitro benzene ring substituents is 1. The molecule has 2 N–H and O–H groups in total. The molecule has 0 saturated carbocycles. The summed E-state index contributed by atoms with van der Waals surface area (Å²) in [5.74, 6) is -1.62. The molecule has 0 aliphatic carbocycles. The number of hydrogen-bond acceptors (Lipinski definition) is 6. The van der Waals surface area contributed by atoms with Crippen molar-refractivity contribution in [2.45, 2.75) is 6.42 Å². The van der Waals surface area contributed by atoms with Crippen LogP contribution in [0, 0.1) is 16.0 Å². The van der Waals surface area contributed by atoms with Crippen LogP contribution < -0.4 is 20.5 Å². The first-order valence-electron chi connectivity index (χ1n) is 8.68. The number of nitrogens with zero attached hydrogens (tertiary/aromatic N) is 2. The van der Waals surface area contributed by atoms with E-state index in [1.165, 1.54) is 30.2 Å². The van der Waals surface area contributed by atoms with Crippen molar-refractivity contribution >= 4 is 29.1 Å². The van der Waals surface area contributed by atoms with Crippen molar-refractivity contribution in [3.05, 3.63) is 64.2 Å². The summed E-state index contributed by atoms with van der Waals surface area (Å²) in [7, 11) is 1.49. The van der Waals surface area contributed by atoms with Crippen molar-refractivity contribution in [3.8, 4) is 5.75 Å². The number of methoxy groups -OCH3 is 1. The monoisotopic (exact) mass is 398 g/mol. The topological polar surface area (TPSA) is 131 Å². The van der Waals surface area contributed by atoms with E-state index in [9.17, 15) is 24.5 Å². The Kier molecular flexibility index (Phi) is 5.72. The minimum absolute atomic E-state index is 0.0173. The van der Waals surface area contributed by atoms with Gasteiger partial charge in [-0.1, -0.05) is 18.2 Å². The fourth-order valence-corrected chi connectivity index (χ4v) is 3.02. The van der Waals surface area contributed by atoms with Gasteiger partial charge in [0.2, 0.25) is 11.8 Å². The average molecular weight is 398 g/mol.